The fourth-order valence-corrected chi connectivity index (χ4v) is 5.05. The third-order valence-corrected chi connectivity index (χ3v) is 6.57. The summed E-state index contributed by atoms with van der Waals surface area (Å²) in [5, 5.41) is 0. The van der Waals surface area contributed by atoms with E-state index < -0.39 is 7.14 Å². The highest BCUT2D eigenvalue weighted by Crippen LogP contribution is 2.52. The largest absolute Gasteiger partial charge is 0.324 e. The Bertz CT molecular complexity index is 183. The normalized spacial score (nSPS) is 24.2. The highest BCUT2D eigenvalue weighted by Gasteiger charge is 2.28. The van der Waals surface area contributed by atoms with Crippen molar-refractivity contribution < 1.29 is 4.57 Å². The first-order valence-corrected chi connectivity index (χ1v) is 8.14. The summed E-state index contributed by atoms with van der Waals surface area (Å²) in [6.07, 6.45) is 9.80. The van der Waals surface area contributed by atoms with E-state index in [1.807, 2.05) is 6.66 Å². The van der Waals surface area contributed by atoms with Gasteiger partial charge in [-0.25, -0.2) is 0 Å². The smallest absolute Gasteiger partial charge is 0.0877 e. The van der Waals surface area contributed by atoms with Gasteiger partial charge < -0.3 is 4.57 Å². The predicted octanol–water partition coefficient (Wildman–Crippen LogP) is 4.11. The van der Waals surface area contributed by atoms with Gasteiger partial charge in [0.2, 0.25) is 0 Å². The molecule has 0 amide bonds. The van der Waals surface area contributed by atoms with Crippen LogP contribution >= 0.6 is 7.14 Å². The molecule has 1 aliphatic carbocycles. The van der Waals surface area contributed by atoms with Crippen LogP contribution in [0.1, 0.15) is 51.9 Å². The molecule has 1 fully saturated rings. The molecule has 1 unspecified atom stereocenters. The molecule has 0 spiro atoms. The van der Waals surface area contributed by atoms with E-state index in [1.165, 1.54) is 38.5 Å². The molecule has 1 aliphatic rings. The van der Waals surface area contributed by atoms with Gasteiger partial charge in [-0.2, -0.15) is 0 Å². The van der Waals surface area contributed by atoms with Crippen LogP contribution in [0.5, 0.6) is 0 Å². The lowest BCUT2D eigenvalue weighted by Crippen LogP contribution is -2.14. The average Bonchev–Trinajstić information content (AvgIpc) is 2.16. The Balaban J connectivity index is 2.41. The van der Waals surface area contributed by atoms with Crippen molar-refractivity contribution in [3.63, 3.8) is 0 Å². The van der Waals surface area contributed by atoms with Crippen LogP contribution in [-0.4, -0.2) is 18.5 Å². The molecule has 0 aliphatic heterocycles. The van der Waals surface area contributed by atoms with E-state index in [0.717, 1.165) is 12.6 Å². The Labute approximate surface area is 82.7 Å². The van der Waals surface area contributed by atoms with Crippen LogP contribution in [0.2, 0.25) is 0 Å². The first-order chi connectivity index (χ1) is 6.17. The van der Waals surface area contributed by atoms with Crippen LogP contribution in [-0.2, 0) is 4.57 Å². The van der Waals surface area contributed by atoms with Crippen LogP contribution in [0.25, 0.3) is 0 Å². The molecule has 0 aromatic carbocycles. The van der Waals surface area contributed by atoms with Gasteiger partial charge in [0.05, 0.1) is 7.14 Å². The molecule has 0 saturated heterocycles. The summed E-state index contributed by atoms with van der Waals surface area (Å²) in [6.45, 7) is 4.22. The average molecular weight is 202 g/mol. The first-order valence-electron chi connectivity index (χ1n) is 5.73. The van der Waals surface area contributed by atoms with Gasteiger partial charge in [-0.05, 0) is 25.9 Å². The lowest BCUT2D eigenvalue weighted by atomic mass is 10.0. The van der Waals surface area contributed by atoms with Crippen molar-refractivity contribution in [2.75, 3.05) is 12.8 Å². The SMILES string of the molecule is CCCCP(C)(=O)C1CCCCC1. The maximum Gasteiger partial charge on any atom is 0.0877 e. The summed E-state index contributed by atoms with van der Waals surface area (Å²) in [7, 11) is -1.78. The third-order valence-electron chi connectivity index (χ3n) is 3.30. The standard InChI is InChI=1S/C11H23OP/c1-3-4-10-13(2,12)11-8-6-5-7-9-11/h11H,3-10H2,1-2H3. The van der Waals surface area contributed by atoms with Crippen LogP contribution < -0.4 is 0 Å². The second kappa shape index (κ2) is 5.20. The van der Waals surface area contributed by atoms with Crippen molar-refractivity contribution in [1.82, 2.24) is 0 Å². The highest BCUT2D eigenvalue weighted by atomic mass is 31.2. The zero-order valence-corrected chi connectivity index (χ0v) is 9.98. The minimum absolute atomic E-state index is 0.577. The Hall–Kier alpha value is 0.230. The van der Waals surface area contributed by atoms with E-state index in [2.05, 4.69) is 6.92 Å². The topological polar surface area (TPSA) is 17.1 Å². The van der Waals surface area contributed by atoms with Crippen molar-refractivity contribution >= 4 is 7.14 Å². The Morgan fingerprint density at radius 2 is 1.85 bits per heavy atom. The second-order valence-electron chi connectivity index (χ2n) is 4.54. The van der Waals surface area contributed by atoms with Crippen molar-refractivity contribution in [3.05, 3.63) is 0 Å². The summed E-state index contributed by atoms with van der Waals surface area (Å²) in [4.78, 5) is 0. The Morgan fingerprint density at radius 3 is 2.38 bits per heavy atom. The van der Waals surface area contributed by atoms with Gasteiger partial charge in [0.15, 0.2) is 0 Å². The van der Waals surface area contributed by atoms with Crippen molar-refractivity contribution in [2.24, 2.45) is 0 Å². The maximum atomic E-state index is 12.3. The number of unbranched alkanes of at least 4 members (excludes halogenated alkanes) is 1. The minimum atomic E-state index is -1.78. The molecule has 13 heavy (non-hydrogen) atoms. The monoisotopic (exact) mass is 202 g/mol. The Morgan fingerprint density at radius 1 is 1.23 bits per heavy atom. The maximum absolute atomic E-state index is 12.3. The van der Waals surface area contributed by atoms with Crippen molar-refractivity contribution in [3.8, 4) is 0 Å². The van der Waals surface area contributed by atoms with Gasteiger partial charge in [-0.1, -0.05) is 32.6 Å². The molecular formula is C11H23OP. The molecule has 0 radical (unpaired) electrons. The van der Waals surface area contributed by atoms with Crippen LogP contribution in [0, 0.1) is 0 Å². The van der Waals surface area contributed by atoms with E-state index in [9.17, 15) is 4.57 Å². The molecule has 0 aromatic rings. The van der Waals surface area contributed by atoms with Gasteiger partial charge in [-0.15, -0.1) is 0 Å². The molecule has 0 heterocycles. The van der Waals surface area contributed by atoms with Crippen LogP contribution in [0.15, 0.2) is 0 Å². The van der Waals surface area contributed by atoms with Crippen LogP contribution in [0.4, 0.5) is 0 Å². The van der Waals surface area contributed by atoms with E-state index in [-0.39, 0.29) is 0 Å². The summed E-state index contributed by atoms with van der Waals surface area (Å²) in [6, 6.07) is 0. The van der Waals surface area contributed by atoms with E-state index in [0.29, 0.717) is 5.66 Å². The van der Waals surface area contributed by atoms with Gasteiger partial charge in [0.1, 0.15) is 0 Å². The Kier molecular flexibility index (Phi) is 4.52. The van der Waals surface area contributed by atoms with Gasteiger partial charge in [0.25, 0.3) is 0 Å². The summed E-state index contributed by atoms with van der Waals surface area (Å²) < 4.78 is 12.3. The molecular weight excluding hydrogens is 179 g/mol. The number of hydrogen-bond acceptors (Lipinski definition) is 1. The molecule has 1 atom stereocenters. The number of hydrogen-bond donors (Lipinski definition) is 0. The lowest BCUT2D eigenvalue weighted by Gasteiger charge is -2.27. The van der Waals surface area contributed by atoms with Crippen LogP contribution in [0.3, 0.4) is 0 Å². The first kappa shape index (κ1) is 11.3. The van der Waals surface area contributed by atoms with Gasteiger partial charge in [-0.3, -0.25) is 0 Å². The molecule has 0 N–H and O–H groups in total. The molecule has 1 nitrogen and oxygen atoms in total. The molecule has 1 rings (SSSR count). The lowest BCUT2D eigenvalue weighted by molar-refractivity contribution is 0.483. The molecule has 78 valence electrons. The fourth-order valence-electron chi connectivity index (χ4n) is 2.28. The third kappa shape index (κ3) is 3.46. The predicted molar refractivity (Wildman–Crippen MR) is 60.2 cm³/mol. The summed E-state index contributed by atoms with van der Waals surface area (Å²) in [5.74, 6) is 0. The molecule has 1 saturated carbocycles. The summed E-state index contributed by atoms with van der Waals surface area (Å²) in [5.41, 5.74) is 0.577. The van der Waals surface area contributed by atoms with Gasteiger partial charge in [0, 0.05) is 11.8 Å². The summed E-state index contributed by atoms with van der Waals surface area (Å²) >= 11 is 0. The fraction of sp³-hybridized carbons (Fsp3) is 1.00. The highest BCUT2D eigenvalue weighted by molar-refractivity contribution is 7.63. The zero-order chi connectivity index (χ0) is 9.73. The second-order valence-corrected chi connectivity index (χ2v) is 8.07. The molecule has 0 bridgehead atoms. The van der Waals surface area contributed by atoms with Crippen molar-refractivity contribution in [1.29, 1.82) is 0 Å². The molecule has 2 heteroatoms. The van der Waals surface area contributed by atoms with E-state index >= 15 is 0 Å². The van der Waals surface area contributed by atoms with Gasteiger partial charge >= 0.3 is 0 Å². The van der Waals surface area contributed by atoms with E-state index in [4.69, 9.17) is 0 Å². The van der Waals surface area contributed by atoms with E-state index in [1.54, 1.807) is 0 Å². The van der Waals surface area contributed by atoms with Crippen molar-refractivity contribution in [2.45, 2.75) is 57.5 Å². The quantitative estimate of drug-likeness (QED) is 0.627. The number of rotatable bonds is 4. The minimum Gasteiger partial charge on any atom is -0.324 e. The molecule has 0 aromatic heterocycles. The zero-order valence-electron chi connectivity index (χ0n) is 9.09.